The van der Waals surface area contributed by atoms with Crippen LogP contribution in [0.5, 0.6) is 0 Å². The van der Waals surface area contributed by atoms with E-state index in [1.165, 1.54) is 12.1 Å². The molecule has 0 amide bonds. The van der Waals surface area contributed by atoms with E-state index >= 15 is 0 Å². The fraction of sp³-hybridized carbons (Fsp3) is 0.478. The van der Waals surface area contributed by atoms with Crippen molar-refractivity contribution in [1.82, 2.24) is 4.90 Å². The molecule has 0 bridgehead atoms. The van der Waals surface area contributed by atoms with E-state index in [0.717, 1.165) is 44.1 Å². The third kappa shape index (κ3) is 7.61. The number of halogens is 3. The van der Waals surface area contributed by atoms with E-state index in [9.17, 15) is 21.4 Å². The summed E-state index contributed by atoms with van der Waals surface area (Å²) >= 11 is 0. The summed E-state index contributed by atoms with van der Waals surface area (Å²) in [5.41, 5.74) is 1.50. The second kappa shape index (κ2) is 11.2. The Kier molecular flexibility index (Phi) is 8.83. The van der Waals surface area contributed by atoms with E-state index < -0.39 is 31.5 Å². The number of hydrogen-bond donors (Lipinski definition) is 0. The Hall–Kier alpha value is -1.35. The van der Waals surface area contributed by atoms with E-state index in [0.29, 0.717) is 29.2 Å². The van der Waals surface area contributed by atoms with Crippen LogP contribution in [-0.4, -0.2) is 49.2 Å². The molecule has 0 radical (unpaired) electrons. The maximum Gasteiger partial charge on any atom is 0.232 e. The molecule has 0 N–H and O–H groups in total. The molecule has 9 heteroatoms. The standard InChI is InChI=1S/C23H28ClF2NO3S2/c1-31(28)22-4-2-18(3-5-22)23(19-14-20(25)16-21(26)15-19)8-12-27-10-6-17(7-11-27)9-13-32(24,29)30/h2-5,14-17,23H,6-13H2,1H3/t23-,31?/m1/s1. The number of nitrogens with zero attached hydrogens (tertiary/aromatic N) is 1. The third-order valence-corrected chi connectivity index (χ3v) is 8.23. The molecule has 1 unspecified atom stereocenters. The molecule has 0 saturated carbocycles. The van der Waals surface area contributed by atoms with Crippen LogP contribution in [0, 0.1) is 17.6 Å². The largest absolute Gasteiger partial charge is 0.303 e. The van der Waals surface area contributed by atoms with E-state index in [-0.39, 0.29) is 11.7 Å². The van der Waals surface area contributed by atoms with Gasteiger partial charge >= 0.3 is 0 Å². The van der Waals surface area contributed by atoms with Gasteiger partial charge in [0.1, 0.15) is 11.6 Å². The Labute approximate surface area is 195 Å². The molecule has 0 spiro atoms. The van der Waals surface area contributed by atoms with Crippen LogP contribution in [0.25, 0.3) is 0 Å². The molecule has 32 heavy (non-hydrogen) atoms. The monoisotopic (exact) mass is 503 g/mol. The Morgan fingerprint density at radius 3 is 2.19 bits per heavy atom. The van der Waals surface area contributed by atoms with Crippen LogP contribution in [0.1, 0.15) is 42.7 Å². The highest BCUT2D eigenvalue weighted by atomic mass is 35.7. The minimum Gasteiger partial charge on any atom is -0.303 e. The normalized spacial score (nSPS) is 17.9. The smallest absolute Gasteiger partial charge is 0.232 e. The molecule has 2 aromatic carbocycles. The molecule has 1 aliphatic heterocycles. The summed E-state index contributed by atoms with van der Waals surface area (Å²) in [6.45, 7) is 2.46. The second-order valence-corrected chi connectivity index (χ2v) is 12.7. The Morgan fingerprint density at radius 1 is 1.06 bits per heavy atom. The molecule has 0 aromatic heterocycles. The van der Waals surface area contributed by atoms with Gasteiger partial charge < -0.3 is 4.90 Å². The van der Waals surface area contributed by atoms with Gasteiger partial charge in [-0.2, -0.15) is 0 Å². The minimum absolute atomic E-state index is 0.00494. The summed E-state index contributed by atoms with van der Waals surface area (Å²) < 4.78 is 61.9. The van der Waals surface area contributed by atoms with Crippen molar-refractivity contribution in [3.8, 4) is 0 Å². The average Bonchev–Trinajstić information content (AvgIpc) is 2.72. The first-order valence-corrected chi connectivity index (χ1v) is 14.7. The lowest BCUT2D eigenvalue weighted by Crippen LogP contribution is -2.35. The predicted octanol–water partition coefficient (Wildman–Crippen LogP) is 4.89. The highest BCUT2D eigenvalue weighted by molar-refractivity contribution is 8.13. The molecule has 3 rings (SSSR count). The van der Waals surface area contributed by atoms with Crippen LogP contribution < -0.4 is 0 Å². The fourth-order valence-corrected chi connectivity index (χ4v) is 5.71. The van der Waals surface area contributed by atoms with Crippen molar-refractivity contribution in [3.05, 3.63) is 65.2 Å². The topological polar surface area (TPSA) is 54.5 Å². The van der Waals surface area contributed by atoms with Crippen LogP contribution in [0.2, 0.25) is 0 Å². The van der Waals surface area contributed by atoms with Gasteiger partial charge in [0.25, 0.3) is 0 Å². The Bertz CT molecular complexity index is 1020. The zero-order valence-corrected chi connectivity index (χ0v) is 20.4. The molecule has 2 atom stereocenters. The molecule has 4 nitrogen and oxygen atoms in total. The molecular weight excluding hydrogens is 476 g/mol. The highest BCUT2D eigenvalue weighted by Crippen LogP contribution is 2.31. The van der Waals surface area contributed by atoms with Gasteiger partial charge in [-0.15, -0.1) is 0 Å². The van der Waals surface area contributed by atoms with E-state index in [1.807, 2.05) is 12.1 Å². The van der Waals surface area contributed by atoms with E-state index in [1.54, 1.807) is 18.4 Å². The molecule has 1 heterocycles. The van der Waals surface area contributed by atoms with E-state index in [2.05, 4.69) is 4.90 Å². The van der Waals surface area contributed by atoms with Crippen LogP contribution in [0.3, 0.4) is 0 Å². The average molecular weight is 504 g/mol. The maximum absolute atomic E-state index is 13.9. The Balaban J connectivity index is 1.68. The lowest BCUT2D eigenvalue weighted by Gasteiger charge is -2.33. The van der Waals surface area contributed by atoms with Crippen LogP contribution in [-0.2, 0) is 19.9 Å². The van der Waals surface area contributed by atoms with Crippen molar-refractivity contribution in [2.24, 2.45) is 5.92 Å². The lowest BCUT2D eigenvalue weighted by atomic mass is 9.87. The second-order valence-electron chi connectivity index (χ2n) is 8.38. The molecular formula is C23H28ClF2NO3S2. The Morgan fingerprint density at radius 2 is 1.66 bits per heavy atom. The molecule has 176 valence electrons. The summed E-state index contributed by atoms with van der Waals surface area (Å²) in [6, 6.07) is 11.0. The minimum atomic E-state index is -3.46. The van der Waals surface area contributed by atoms with Gasteiger partial charge in [0.05, 0.1) is 5.75 Å². The maximum atomic E-state index is 13.9. The van der Waals surface area contributed by atoms with Crippen molar-refractivity contribution < 1.29 is 21.4 Å². The van der Waals surface area contributed by atoms with E-state index in [4.69, 9.17) is 10.7 Å². The van der Waals surface area contributed by atoms with Crippen molar-refractivity contribution >= 4 is 30.5 Å². The number of hydrogen-bond acceptors (Lipinski definition) is 4. The fourth-order valence-electron chi connectivity index (χ4n) is 4.31. The molecule has 1 saturated heterocycles. The third-order valence-electron chi connectivity index (χ3n) is 6.11. The highest BCUT2D eigenvalue weighted by Gasteiger charge is 2.23. The van der Waals surface area contributed by atoms with Gasteiger partial charge in [0.15, 0.2) is 0 Å². The number of rotatable bonds is 9. The van der Waals surface area contributed by atoms with Crippen LogP contribution in [0.15, 0.2) is 47.4 Å². The summed E-state index contributed by atoms with van der Waals surface area (Å²) in [5.74, 6) is -1.06. The zero-order valence-electron chi connectivity index (χ0n) is 18.0. The van der Waals surface area contributed by atoms with Gasteiger partial charge in [-0.05, 0) is 86.6 Å². The molecule has 0 aliphatic carbocycles. The van der Waals surface area contributed by atoms with Gasteiger partial charge in [0.2, 0.25) is 9.05 Å². The van der Waals surface area contributed by atoms with Crippen LogP contribution in [0.4, 0.5) is 8.78 Å². The number of likely N-dealkylation sites (tertiary alicyclic amines) is 1. The first-order chi connectivity index (χ1) is 15.1. The number of piperidine rings is 1. The van der Waals surface area contributed by atoms with Crippen molar-refractivity contribution in [2.45, 2.75) is 36.5 Å². The van der Waals surface area contributed by atoms with Gasteiger partial charge in [0, 0.05) is 44.6 Å². The zero-order chi connectivity index (χ0) is 23.3. The first kappa shape index (κ1) is 25.3. The van der Waals surface area contributed by atoms with Gasteiger partial charge in [-0.3, -0.25) is 4.21 Å². The first-order valence-electron chi connectivity index (χ1n) is 10.6. The molecule has 1 fully saturated rings. The summed E-state index contributed by atoms with van der Waals surface area (Å²) in [7, 11) is 0.771. The summed E-state index contributed by atoms with van der Waals surface area (Å²) in [4.78, 5) is 3.02. The quantitative estimate of drug-likeness (QED) is 0.457. The predicted molar refractivity (Wildman–Crippen MR) is 125 cm³/mol. The van der Waals surface area contributed by atoms with Crippen LogP contribution >= 0.6 is 10.7 Å². The summed E-state index contributed by atoms with van der Waals surface area (Å²) in [6.07, 6.45) is 4.68. The van der Waals surface area contributed by atoms with Gasteiger partial charge in [-0.1, -0.05) is 12.1 Å². The van der Waals surface area contributed by atoms with Crippen molar-refractivity contribution in [1.29, 1.82) is 0 Å². The van der Waals surface area contributed by atoms with Crippen molar-refractivity contribution in [2.75, 3.05) is 31.6 Å². The molecule has 2 aromatic rings. The molecule has 1 aliphatic rings. The SMILES string of the molecule is CS(=O)c1ccc([C@@H](CCN2CCC(CCS(=O)(=O)Cl)CC2)c2cc(F)cc(F)c2)cc1. The lowest BCUT2D eigenvalue weighted by molar-refractivity contribution is 0.178. The summed E-state index contributed by atoms with van der Waals surface area (Å²) in [5, 5.41) is 0. The van der Waals surface area contributed by atoms with Crippen molar-refractivity contribution in [3.63, 3.8) is 0 Å². The van der Waals surface area contributed by atoms with Gasteiger partial charge in [-0.25, -0.2) is 17.2 Å². The number of benzene rings is 2.